The number of carbonyl (C=O) groups is 1. The van der Waals surface area contributed by atoms with Gasteiger partial charge in [0.05, 0.1) is 15.3 Å². The van der Waals surface area contributed by atoms with Crippen LogP contribution in [-0.4, -0.2) is 15.5 Å². The highest BCUT2D eigenvalue weighted by molar-refractivity contribution is 9.10. The Bertz CT molecular complexity index is 415. The third kappa shape index (κ3) is 2.62. The summed E-state index contributed by atoms with van der Waals surface area (Å²) in [5, 5.41) is 10.7. The van der Waals surface area contributed by atoms with Crippen LogP contribution in [0.2, 0.25) is 0 Å². The van der Waals surface area contributed by atoms with Crippen molar-refractivity contribution in [2.45, 2.75) is 18.7 Å². The van der Waals surface area contributed by atoms with Crippen molar-refractivity contribution in [1.29, 1.82) is 0 Å². The van der Waals surface area contributed by atoms with E-state index in [1.54, 1.807) is 19.9 Å². The van der Waals surface area contributed by atoms with Crippen LogP contribution in [0.4, 0.5) is 5.69 Å². The standard InChI is InChI=1S/C10H10BrNO3/c1-6-3-4-8(10(13)7(2)11)9(5-6)12(14)15/h3-5,7H,1-2H3. The summed E-state index contributed by atoms with van der Waals surface area (Å²) in [6, 6.07) is 4.59. The molecule has 0 aliphatic heterocycles. The second-order valence-corrected chi connectivity index (χ2v) is 4.63. The first-order valence-corrected chi connectivity index (χ1v) is 5.28. The predicted octanol–water partition coefficient (Wildman–Crippen LogP) is 2.87. The van der Waals surface area contributed by atoms with E-state index < -0.39 is 9.75 Å². The molecule has 0 N–H and O–H groups in total. The third-order valence-corrected chi connectivity index (χ3v) is 2.39. The molecule has 0 amide bonds. The van der Waals surface area contributed by atoms with Crippen molar-refractivity contribution in [3.05, 3.63) is 39.4 Å². The number of hydrogen-bond acceptors (Lipinski definition) is 3. The van der Waals surface area contributed by atoms with Gasteiger partial charge in [-0.15, -0.1) is 0 Å². The summed E-state index contributed by atoms with van der Waals surface area (Å²) < 4.78 is 0. The summed E-state index contributed by atoms with van der Waals surface area (Å²) in [7, 11) is 0. The lowest BCUT2D eigenvalue weighted by atomic mass is 10.0. The lowest BCUT2D eigenvalue weighted by molar-refractivity contribution is -0.385. The fourth-order valence-corrected chi connectivity index (χ4v) is 1.46. The fourth-order valence-electron chi connectivity index (χ4n) is 1.22. The first kappa shape index (κ1) is 11.8. The maximum Gasteiger partial charge on any atom is 0.280 e. The summed E-state index contributed by atoms with van der Waals surface area (Å²) in [5.74, 6) is -0.276. The number of benzene rings is 1. The van der Waals surface area contributed by atoms with Crippen molar-refractivity contribution in [3.8, 4) is 0 Å². The Morgan fingerprint density at radius 1 is 1.53 bits per heavy atom. The summed E-state index contributed by atoms with van der Waals surface area (Å²) in [5.41, 5.74) is 0.779. The Labute approximate surface area is 95.6 Å². The van der Waals surface area contributed by atoms with Gasteiger partial charge in [-0.1, -0.05) is 22.0 Å². The molecule has 1 aromatic rings. The molecule has 0 aromatic heterocycles. The minimum absolute atomic E-state index is 0.133. The minimum Gasteiger partial charge on any atom is -0.293 e. The quantitative estimate of drug-likeness (QED) is 0.368. The van der Waals surface area contributed by atoms with Crippen LogP contribution in [0.3, 0.4) is 0 Å². The molecule has 1 unspecified atom stereocenters. The number of ketones is 1. The van der Waals surface area contributed by atoms with E-state index in [2.05, 4.69) is 15.9 Å². The number of Topliss-reactive ketones (excluding diaryl/α,β-unsaturated/α-hetero) is 1. The predicted molar refractivity (Wildman–Crippen MR) is 60.6 cm³/mol. The van der Waals surface area contributed by atoms with E-state index in [1.807, 2.05) is 0 Å². The van der Waals surface area contributed by atoms with E-state index in [-0.39, 0.29) is 17.0 Å². The molecule has 1 atom stereocenters. The number of hydrogen-bond donors (Lipinski definition) is 0. The highest BCUT2D eigenvalue weighted by atomic mass is 79.9. The Balaban J connectivity index is 3.29. The number of nitrogens with zero attached hydrogens (tertiary/aromatic N) is 1. The molecule has 15 heavy (non-hydrogen) atoms. The van der Waals surface area contributed by atoms with Crippen LogP contribution in [0.5, 0.6) is 0 Å². The van der Waals surface area contributed by atoms with Crippen LogP contribution >= 0.6 is 15.9 Å². The zero-order valence-corrected chi connectivity index (χ0v) is 9.95. The van der Waals surface area contributed by atoms with Gasteiger partial charge in [0.2, 0.25) is 0 Å². The molecule has 0 aliphatic rings. The van der Waals surface area contributed by atoms with Crippen molar-refractivity contribution in [3.63, 3.8) is 0 Å². The Morgan fingerprint density at radius 2 is 2.13 bits per heavy atom. The zero-order chi connectivity index (χ0) is 11.6. The summed E-state index contributed by atoms with van der Waals surface area (Å²) in [6.07, 6.45) is 0. The zero-order valence-electron chi connectivity index (χ0n) is 8.36. The van der Waals surface area contributed by atoms with Crippen LogP contribution in [-0.2, 0) is 0 Å². The number of carbonyl (C=O) groups excluding carboxylic acids is 1. The molecule has 0 spiro atoms. The van der Waals surface area contributed by atoms with E-state index in [0.29, 0.717) is 0 Å². The number of aryl methyl sites for hydroxylation is 1. The molecule has 5 heteroatoms. The summed E-state index contributed by atoms with van der Waals surface area (Å²) in [4.78, 5) is 21.4. The van der Waals surface area contributed by atoms with Crippen LogP contribution in [0, 0.1) is 17.0 Å². The van der Waals surface area contributed by atoms with Crippen LogP contribution in [0.1, 0.15) is 22.8 Å². The summed E-state index contributed by atoms with van der Waals surface area (Å²) in [6.45, 7) is 3.39. The average Bonchev–Trinajstić information content (AvgIpc) is 2.16. The van der Waals surface area contributed by atoms with E-state index in [4.69, 9.17) is 0 Å². The maximum atomic E-state index is 11.6. The van der Waals surface area contributed by atoms with Gasteiger partial charge in [-0.25, -0.2) is 0 Å². The normalized spacial score (nSPS) is 12.2. The van der Waals surface area contributed by atoms with Gasteiger partial charge in [-0.3, -0.25) is 14.9 Å². The molecular formula is C10H10BrNO3. The Hall–Kier alpha value is -1.23. The van der Waals surface area contributed by atoms with Crippen molar-refractivity contribution >= 4 is 27.4 Å². The number of alkyl halides is 1. The van der Waals surface area contributed by atoms with Crippen molar-refractivity contribution in [1.82, 2.24) is 0 Å². The van der Waals surface area contributed by atoms with Crippen molar-refractivity contribution in [2.24, 2.45) is 0 Å². The highest BCUT2D eigenvalue weighted by Gasteiger charge is 2.22. The number of rotatable bonds is 3. The summed E-state index contributed by atoms with van der Waals surface area (Å²) >= 11 is 3.11. The van der Waals surface area contributed by atoms with Crippen LogP contribution in [0.25, 0.3) is 0 Å². The minimum atomic E-state index is -0.532. The first-order valence-electron chi connectivity index (χ1n) is 4.37. The largest absolute Gasteiger partial charge is 0.293 e. The van der Waals surface area contributed by atoms with E-state index in [1.165, 1.54) is 12.1 Å². The van der Waals surface area contributed by atoms with Gasteiger partial charge in [0, 0.05) is 6.07 Å². The Morgan fingerprint density at radius 3 is 2.60 bits per heavy atom. The molecule has 0 fully saturated rings. The fraction of sp³-hybridized carbons (Fsp3) is 0.300. The molecule has 80 valence electrons. The average molecular weight is 272 g/mol. The second-order valence-electron chi connectivity index (χ2n) is 3.26. The molecule has 0 heterocycles. The molecule has 0 bridgehead atoms. The molecule has 0 saturated heterocycles. The van der Waals surface area contributed by atoms with Gasteiger partial charge in [0.1, 0.15) is 0 Å². The lowest BCUT2D eigenvalue weighted by Gasteiger charge is -2.04. The maximum absolute atomic E-state index is 11.6. The monoisotopic (exact) mass is 271 g/mol. The van der Waals surface area contributed by atoms with Crippen LogP contribution < -0.4 is 0 Å². The molecule has 0 radical (unpaired) electrons. The van der Waals surface area contributed by atoms with Gasteiger partial charge in [-0.05, 0) is 25.5 Å². The number of nitro benzene ring substituents is 1. The van der Waals surface area contributed by atoms with Gasteiger partial charge < -0.3 is 0 Å². The van der Waals surface area contributed by atoms with E-state index in [9.17, 15) is 14.9 Å². The van der Waals surface area contributed by atoms with E-state index >= 15 is 0 Å². The molecule has 0 aliphatic carbocycles. The van der Waals surface area contributed by atoms with Gasteiger partial charge in [0.25, 0.3) is 5.69 Å². The lowest BCUT2D eigenvalue weighted by Crippen LogP contribution is -2.12. The molecule has 0 saturated carbocycles. The van der Waals surface area contributed by atoms with Crippen LogP contribution in [0.15, 0.2) is 18.2 Å². The molecule has 4 nitrogen and oxygen atoms in total. The van der Waals surface area contributed by atoms with Crippen molar-refractivity contribution in [2.75, 3.05) is 0 Å². The SMILES string of the molecule is Cc1ccc(C(=O)C(C)Br)c([N+](=O)[O-])c1. The number of halogens is 1. The molecule has 1 rings (SSSR count). The Kier molecular flexibility index (Phi) is 3.57. The highest BCUT2D eigenvalue weighted by Crippen LogP contribution is 2.23. The molecule has 1 aromatic carbocycles. The smallest absolute Gasteiger partial charge is 0.280 e. The topological polar surface area (TPSA) is 60.2 Å². The second kappa shape index (κ2) is 4.53. The van der Waals surface area contributed by atoms with E-state index in [0.717, 1.165) is 5.56 Å². The van der Waals surface area contributed by atoms with Gasteiger partial charge >= 0.3 is 0 Å². The van der Waals surface area contributed by atoms with Gasteiger partial charge in [0.15, 0.2) is 5.78 Å². The van der Waals surface area contributed by atoms with Gasteiger partial charge in [-0.2, -0.15) is 0 Å². The molecular weight excluding hydrogens is 262 g/mol. The third-order valence-electron chi connectivity index (χ3n) is 1.98. The number of nitro groups is 1. The van der Waals surface area contributed by atoms with Crippen molar-refractivity contribution < 1.29 is 9.72 Å². The first-order chi connectivity index (χ1) is 6.93.